The van der Waals surface area contributed by atoms with Gasteiger partial charge in [0.1, 0.15) is 5.54 Å². The Balaban J connectivity index is 2.21. The zero-order valence-electron chi connectivity index (χ0n) is 10.8. The van der Waals surface area contributed by atoms with Gasteiger partial charge in [0.15, 0.2) is 0 Å². The van der Waals surface area contributed by atoms with E-state index in [0.29, 0.717) is 13.1 Å². The van der Waals surface area contributed by atoms with E-state index in [1.54, 1.807) is 30.7 Å². The summed E-state index contributed by atoms with van der Waals surface area (Å²) in [6.07, 6.45) is 2.48. The molecule has 1 saturated heterocycles. The minimum atomic E-state index is -0.772. The van der Waals surface area contributed by atoms with Gasteiger partial charge in [-0.1, -0.05) is 0 Å². The molecular formula is C12H21N3O2. The lowest BCUT2D eigenvalue weighted by Gasteiger charge is -2.49. The zero-order chi connectivity index (χ0) is 12.8. The molecule has 0 radical (unpaired) electrons. The van der Waals surface area contributed by atoms with Crippen LogP contribution in [0.15, 0.2) is 0 Å². The Labute approximate surface area is 102 Å². The lowest BCUT2D eigenvalue weighted by Crippen LogP contribution is -2.70. The number of nitrogens with two attached hydrogens (primary N) is 1. The molecule has 0 atom stereocenters. The zero-order valence-corrected chi connectivity index (χ0v) is 10.8. The number of amides is 2. The molecule has 2 N–H and O–H groups in total. The number of carbonyl (C=O) groups excluding carboxylic acids is 2. The number of likely N-dealkylation sites (N-methyl/N-ethyl adjacent to an activating group) is 1. The van der Waals surface area contributed by atoms with Crippen molar-refractivity contribution in [1.82, 2.24) is 9.80 Å². The third kappa shape index (κ3) is 1.73. The summed E-state index contributed by atoms with van der Waals surface area (Å²) in [7, 11) is 1.77. The van der Waals surface area contributed by atoms with Crippen molar-refractivity contribution in [3.05, 3.63) is 0 Å². The summed E-state index contributed by atoms with van der Waals surface area (Å²) in [6.45, 7) is 4.76. The number of nitrogens with zero attached hydrogens (tertiary/aromatic N) is 2. The first kappa shape index (κ1) is 12.4. The summed E-state index contributed by atoms with van der Waals surface area (Å²) < 4.78 is 0. The van der Waals surface area contributed by atoms with Crippen LogP contribution in [0.25, 0.3) is 0 Å². The van der Waals surface area contributed by atoms with Crippen LogP contribution in [0.5, 0.6) is 0 Å². The van der Waals surface area contributed by atoms with E-state index >= 15 is 0 Å². The predicted octanol–water partition coefficient (Wildman–Crippen LogP) is -0.0530. The van der Waals surface area contributed by atoms with E-state index in [4.69, 9.17) is 5.73 Å². The van der Waals surface area contributed by atoms with Gasteiger partial charge in [0.05, 0.1) is 5.54 Å². The maximum atomic E-state index is 12.4. The van der Waals surface area contributed by atoms with Gasteiger partial charge in [0, 0.05) is 20.1 Å². The SMILES string of the molecule is CN1CCN(C(=O)C2(N)CCC2)C(C)(C)C1=O. The Kier molecular flexibility index (Phi) is 2.69. The van der Waals surface area contributed by atoms with Crippen molar-refractivity contribution in [1.29, 1.82) is 0 Å². The second-order valence-electron chi connectivity index (χ2n) is 5.75. The maximum Gasteiger partial charge on any atom is 0.247 e. The Morgan fingerprint density at radius 3 is 2.35 bits per heavy atom. The highest BCUT2D eigenvalue weighted by Gasteiger charge is 2.50. The minimum Gasteiger partial charge on any atom is -0.342 e. The van der Waals surface area contributed by atoms with Crippen LogP contribution in [0.1, 0.15) is 33.1 Å². The third-order valence-corrected chi connectivity index (χ3v) is 4.12. The van der Waals surface area contributed by atoms with Gasteiger partial charge in [-0.2, -0.15) is 0 Å². The van der Waals surface area contributed by atoms with Crippen molar-refractivity contribution < 1.29 is 9.59 Å². The smallest absolute Gasteiger partial charge is 0.247 e. The number of hydrogen-bond acceptors (Lipinski definition) is 3. The molecule has 5 heteroatoms. The second-order valence-corrected chi connectivity index (χ2v) is 5.75. The van der Waals surface area contributed by atoms with E-state index in [2.05, 4.69) is 0 Å². The van der Waals surface area contributed by atoms with Crippen molar-refractivity contribution in [3.8, 4) is 0 Å². The van der Waals surface area contributed by atoms with E-state index in [9.17, 15) is 9.59 Å². The monoisotopic (exact) mass is 239 g/mol. The van der Waals surface area contributed by atoms with Crippen molar-refractivity contribution in [2.45, 2.75) is 44.2 Å². The number of hydrogen-bond donors (Lipinski definition) is 1. The van der Waals surface area contributed by atoms with Gasteiger partial charge in [-0.3, -0.25) is 9.59 Å². The summed E-state index contributed by atoms with van der Waals surface area (Å²) in [5.41, 5.74) is 4.58. The highest BCUT2D eigenvalue weighted by molar-refractivity contribution is 5.95. The Hall–Kier alpha value is -1.10. The molecule has 0 spiro atoms. The standard InChI is InChI=1S/C12H21N3O2/c1-11(2)9(16)14(3)7-8-15(11)10(17)12(13)5-4-6-12/h4-8,13H2,1-3H3. The van der Waals surface area contributed by atoms with Crippen LogP contribution >= 0.6 is 0 Å². The van der Waals surface area contributed by atoms with Gasteiger partial charge in [0.25, 0.3) is 0 Å². The first-order valence-corrected chi connectivity index (χ1v) is 6.15. The molecule has 0 unspecified atom stereocenters. The molecule has 1 heterocycles. The average Bonchev–Trinajstić information content (AvgIpc) is 2.22. The summed E-state index contributed by atoms with van der Waals surface area (Å²) in [6, 6.07) is 0. The molecule has 2 rings (SSSR count). The van der Waals surface area contributed by atoms with E-state index in [1.807, 2.05) is 0 Å². The molecule has 96 valence electrons. The molecule has 1 aliphatic carbocycles. The molecule has 0 aromatic rings. The van der Waals surface area contributed by atoms with Gasteiger partial charge in [-0.15, -0.1) is 0 Å². The van der Waals surface area contributed by atoms with Crippen LogP contribution in [-0.4, -0.2) is 52.8 Å². The number of carbonyl (C=O) groups is 2. The van der Waals surface area contributed by atoms with Crippen LogP contribution in [0.4, 0.5) is 0 Å². The van der Waals surface area contributed by atoms with Gasteiger partial charge in [-0.05, 0) is 33.1 Å². The van der Waals surface area contributed by atoms with Gasteiger partial charge < -0.3 is 15.5 Å². The normalized spacial score (nSPS) is 26.7. The fourth-order valence-electron chi connectivity index (χ4n) is 2.61. The molecule has 2 aliphatic rings. The van der Waals surface area contributed by atoms with E-state index < -0.39 is 11.1 Å². The lowest BCUT2D eigenvalue weighted by atomic mass is 9.75. The summed E-state index contributed by atoms with van der Waals surface area (Å²) in [4.78, 5) is 27.8. The van der Waals surface area contributed by atoms with E-state index in [0.717, 1.165) is 19.3 Å². The maximum absolute atomic E-state index is 12.4. The first-order valence-electron chi connectivity index (χ1n) is 6.15. The molecular weight excluding hydrogens is 218 g/mol. The van der Waals surface area contributed by atoms with Crippen molar-refractivity contribution >= 4 is 11.8 Å². The fraction of sp³-hybridized carbons (Fsp3) is 0.833. The lowest BCUT2D eigenvalue weighted by molar-refractivity contribution is -0.162. The number of piperazine rings is 1. The highest BCUT2D eigenvalue weighted by atomic mass is 16.2. The number of rotatable bonds is 1. The van der Waals surface area contributed by atoms with E-state index in [1.165, 1.54) is 0 Å². The molecule has 2 fully saturated rings. The van der Waals surface area contributed by atoms with Crippen LogP contribution in [-0.2, 0) is 9.59 Å². The highest BCUT2D eigenvalue weighted by Crippen LogP contribution is 2.34. The Morgan fingerprint density at radius 1 is 1.29 bits per heavy atom. The van der Waals surface area contributed by atoms with Crippen molar-refractivity contribution in [2.24, 2.45) is 5.73 Å². The molecule has 2 amide bonds. The van der Waals surface area contributed by atoms with Crippen LogP contribution in [0.2, 0.25) is 0 Å². The first-order chi connectivity index (χ1) is 7.79. The van der Waals surface area contributed by atoms with E-state index in [-0.39, 0.29) is 11.8 Å². The molecule has 0 bridgehead atoms. The van der Waals surface area contributed by atoms with Crippen LogP contribution < -0.4 is 5.73 Å². The molecule has 17 heavy (non-hydrogen) atoms. The summed E-state index contributed by atoms with van der Waals surface area (Å²) >= 11 is 0. The molecule has 1 saturated carbocycles. The van der Waals surface area contributed by atoms with Gasteiger partial charge in [-0.25, -0.2) is 0 Å². The van der Waals surface area contributed by atoms with Crippen LogP contribution in [0, 0.1) is 0 Å². The minimum absolute atomic E-state index is 0.0139. The molecule has 5 nitrogen and oxygen atoms in total. The second kappa shape index (κ2) is 3.70. The predicted molar refractivity (Wildman–Crippen MR) is 64.2 cm³/mol. The largest absolute Gasteiger partial charge is 0.342 e. The topological polar surface area (TPSA) is 66.6 Å². The fourth-order valence-corrected chi connectivity index (χ4v) is 2.61. The van der Waals surface area contributed by atoms with Gasteiger partial charge >= 0.3 is 0 Å². The Bertz CT molecular complexity index is 361. The molecule has 0 aromatic carbocycles. The third-order valence-electron chi connectivity index (χ3n) is 4.12. The summed E-state index contributed by atoms with van der Waals surface area (Å²) in [5.74, 6) is -0.0739. The molecule has 0 aromatic heterocycles. The summed E-state index contributed by atoms with van der Waals surface area (Å²) in [5, 5.41) is 0. The van der Waals surface area contributed by atoms with Crippen LogP contribution in [0.3, 0.4) is 0 Å². The molecule has 1 aliphatic heterocycles. The van der Waals surface area contributed by atoms with Gasteiger partial charge in [0.2, 0.25) is 11.8 Å². The van der Waals surface area contributed by atoms with Crippen molar-refractivity contribution in [3.63, 3.8) is 0 Å². The Morgan fingerprint density at radius 2 is 1.88 bits per heavy atom. The quantitative estimate of drug-likeness (QED) is 0.697. The average molecular weight is 239 g/mol. The van der Waals surface area contributed by atoms with Crippen molar-refractivity contribution in [2.75, 3.05) is 20.1 Å².